The number of hydrogen-bond donors (Lipinski definition) is 0. The van der Waals surface area contributed by atoms with Gasteiger partial charge in [0, 0.05) is 22.2 Å². The van der Waals surface area contributed by atoms with Gasteiger partial charge in [-0.25, -0.2) is 0 Å². The van der Waals surface area contributed by atoms with Gasteiger partial charge in [-0.05, 0) is 79.9 Å². The molecule has 0 spiro atoms. The van der Waals surface area contributed by atoms with Gasteiger partial charge in [0.25, 0.3) is 0 Å². The highest BCUT2D eigenvalue weighted by Gasteiger charge is 2.36. The van der Waals surface area contributed by atoms with E-state index in [9.17, 15) is 0 Å². The first-order valence-corrected chi connectivity index (χ1v) is 18.1. The van der Waals surface area contributed by atoms with E-state index < -0.39 is 0 Å². The Balaban J connectivity index is 1.37. The molecule has 8 aromatic carbocycles. The molecule has 0 atom stereocenters. The fourth-order valence-electron chi connectivity index (χ4n) is 8.21. The van der Waals surface area contributed by atoms with E-state index in [1.807, 2.05) is 0 Å². The fraction of sp³-hybridized carbons (Fsp3) is 0.0588. The Hall–Kier alpha value is -6.44. The van der Waals surface area contributed by atoms with E-state index in [0.29, 0.717) is 0 Å². The van der Waals surface area contributed by atoms with Crippen molar-refractivity contribution in [2.45, 2.75) is 19.3 Å². The zero-order valence-corrected chi connectivity index (χ0v) is 29.5. The van der Waals surface area contributed by atoms with Crippen LogP contribution in [0.2, 0.25) is 0 Å². The largest absolute Gasteiger partial charge is 0.309 e. The van der Waals surface area contributed by atoms with Gasteiger partial charge in [0.15, 0.2) is 0 Å². The van der Waals surface area contributed by atoms with Crippen molar-refractivity contribution in [1.29, 1.82) is 0 Å². The van der Waals surface area contributed by atoms with E-state index in [-0.39, 0.29) is 5.41 Å². The van der Waals surface area contributed by atoms with Gasteiger partial charge in [0.05, 0.1) is 11.4 Å². The van der Waals surface area contributed by atoms with Crippen molar-refractivity contribution in [1.82, 2.24) is 0 Å². The summed E-state index contributed by atoms with van der Waals surface area (Å²) < 4.78 is 0. The minimum absolute atomic E-state index is 0.138. The molecular weight excluding hydrogens is 627 g/mol. The van der Waals surface area contributed by atoms with E-state index in [0.717, 1.165) is 17.1 Å². The predicted molar refractivity (Wildman–Crippen MR) is 220 cm³/mol. The second kappa shape index (κ2) is 13.0. The van der Waals surface area contributed by atoms with Crippen LogP contribution in [-0.2, 0) is 5.41 Å². The third-order valence-corrected chi connectivity index (χ3v) is 10.7. The summed E-state index contributed by atoms with van der Waals surface area (Å²) in [6.45, 7) is 4.72. The summed E-state index contributed by atoms with van der Waals surface area (Å²) in [5.74, 6) is 0. The van der Waals surface area contributed by atoms with E-state index >= 15 is 0 Å². The minimum atomic E-state index is -0.138. The molecule has 0 amide bonds. The molecule has 0 N–H and O–H groups in total. The van der Waals surface area contributed by atoms with Crippen molar-refractivity contribution in [3.05, 3.63) is 211 Å². The van der Waals surface area contributed by atoms with Gasteiger partial charge < -0.3 is 4.90 Å². The number of hydrogen-bond acceptors (Lipinski definition) is 1. The average Bonchev–Trinajstić information content (AvgIpc) is 3.44. The zero-order chi connectivity index (χ0) is 35.1. The van der Waals surface area contributed by atoms with Crippen molar-refractivity contribution in [2.24, 2.45) is 0 Å². The Labute approximate surface area is 307 Å². The summed E-state index contributed by atoms with van der Waals surface area (Å²) in [6.07, 6.45) is 0. The highest BCUT2D eigenvalue weighted by molar-refractivity contribution is 6.02. The smallest absolute Gasteiger partial charge is 0.0546 e. The van der Waals surface area contributed by atoms with Gasteiger partial charge in [-0.1, -0.05) is 190 Å². The molecule has 248 valence electrons. The van der Waals surface area contributed by atoms with Crippen LogP contribution in [0.5, 0.6) is 0 Å². The molecule has 1 aliphatic rings. The molecule has 0 saturated heterocycles. The molecule has 0 aliphatic heterocycles. The van der Waals surface area contributed by atoms with Crippen LogP contribution in [0, 0.1) is 0 Å². The van der Waals surface area contributed by atoms with Gasteiger partial charge in [-0.3, -0.25) is 0 Å². The van der Waals surface area contributed by atoms with Crippen LogP contribution in [0.1, 0.15) is 25.0 Å². The lowest BCUT2D eigenvalue weighted by atomic mass is 9.82. The van der Waals surface area contributed by atoms with E-state index in [1.54, 1.807) is 0 Å². The third-order valence-electron chi connectivity index (χ3n) is 10.7. The van der Waals surface area contributed by atoms with Crippen molar-refractivity contribution < 1.29 is 0 Å². The lowest BCUT2D eigenvalue weighted by molar-refractivity contribution is 0.660. The molecule has 0 heterocycles. The quantitative estimate of drug-likeness (QED) is 0.164. The Kier molecular flexibility index (Phi) is 7.90. The second-order valence-corrected chi connectivity index (χ2v) is 14.1. The van der Waals surface area contributed by atoms with E-state index in [2.05, 4.69) is 219 Å². The third kappa shape index (κ3) is 5.34. The van der Waals surface area contributed by atoms with Crippen molar-refractivity contribution in [3.8, 4) is 55.6 Å². The molecule has 0 bridgehead atoms. The van der Waals surface area contributed by atoms with Gasteiger partial charge in [-0.2, -0.15) is 0 Å². The van der Waals surface area contributed by atoms with Crippen molar-refractivity contribution >= 4 is 17.1 Å². The molecule has 0 saturated carbocycles. The summed E-state index contributed by atoms with van der Waals surface area (Å²) in [7, 11) is 0. The first-order chi connectivity index (χ1) is 25.6. The van der Waals surface area contributed by atoms with Crippen LogP contribution in [-0.4, -0.2) is 0 Å². The van der Waals surface area contributed by atoms with Gasteiger partial charge in [0.2, 0.25) is 0 Å². The number of fused-ring (bicyclic) bond motifs is 3. The van der Waals surface area contributed by atoms with Crippen molar-refractivity contribution in [3.63, 3.8) is 0 Å². The summed E-state index contributed by atoms with van der Waals surface area (Å²) in [4.78, 5) is 2.51. The van der Waals surface area contributed by atoms with E-state index in [1.165, 1.54) is 66.8 Å². The first-order valence-electron chi connectivity index (χ1n) is 18.1. The lowest BCUT2D eigenvalue weighted by Crippen LogP contribution is -2.17. The number of anilines is 3. The van der Waals surface area contributed by atoms with Crippen LogP contribution in [0.25, 0.3) is 55.6 Å². The maximum Gasteiger partial charge on any atom is 0.0546 e. The Bertz CT molecular complexity index is 2530. The Morgan fingerprint density at radius 2 is 0.788 bits per heavy atom. The summed E-state index contributed by atoms with van der Waals surface area (Å²) in [6, 6.07) is 72.9. The zero-order valence-electron chi connectivity index (χ0n) is 29.5. The van der Waals surface area contributed by atoms with Gasteiger partial charge in [-0.15, -0.1) is 0 Å². The normalized spacial score (nSPS) is 12.6. The average molecular weight is 666 g/mol. The maximum atomic E-state index is 2.51. The molecule has 1 nitrogen and oxygen atoms in total. The number of rotatable bonds is 7. The van der Waals surface area contributed by atoms with Crippen LogP contribution in [0.15, 0.2) is 200 Å². The van der Waals surface area contributed by atoms with Crippen LogP contribution in [0.3, 0.4) is 0 Å². The topological polar surface area (TPSA) is 3.24 Å². The number of para-hydroxylation sites is 1. The number of nitrogens with zero attached hydrogens (tertiary/aromatic N) is 1. The summed E-state index contributed by atoms with van der Waals surface area (Å²) in [5.41, 5.74) is 18.1. The van der Waals surface area contributed by atoms with Crippen LogP contribution >= 0.6 is 0 Å². The van der Waals surface area contributed by atoms with Crippen molar-refractivity contribution in [2.75, 3.05) is 4.90 Å². The Morgan fingerprint density at radius 3 is 1.46 bits per heavy atom. The molecule has 1 aliphatic carbocycles. The Morgan fingerprint density at radius 1 is 0.327 bits per heavy atom. The first kappa shape index (κ1) is 31.5. The summed E-state index contributed by atoms with van der Waals surface area (Å²) >= 11 is 0. The fourth-order valence-corrected chi connectivity index (χ4v) is 8.21. The molecule has 0 unspecified atom stereocenters. The van der Waals surface area contributed by atoms with Crippen LogP contribution in [0.4, 0.5) is 17.1 Å². The molecule has 9 rings (SSSR count). The molecule has 8 aromatic rings. The van der Waals surface area contributed by atoms with E-state index in [4.69, 9.17) is 0 Å². The molecular formula is C51H39N. The maximum absolute atomic E-state index is 2.51. The standard InChI is InChI=1S/C51H39N/c1-51(2)46-30-16-14-27-43(46)44-34-33-39(35-47(44)51)52(48-31-17-15-26-41(48)37-21-8-4-9-22-37)49-32-18-29-42(38-23-10-5-11-24-38)50(49)45-28-13-12-25-40(45)36-19-6-3-7-20-36/h3-35H,1-2H3. The molecule has 1 heteroatoms. The highest BCUT2D eigenvalue weighted by atomic mass is 15.1. The SMILES string of the molecule is CC1(C)c2ccccc2-c2ccc(N(c3ccccc3-c3ccccc3)c3cccc(-c4ccccc4)c3-c3ccccc3-c3ccccc3)cc21. The van der Waals surface area contributed by atoms with Crippen LogP contribution < -0.4 is 4.90 Å². The lowest BCUT2D eigenvalue weighted by Gasteiger charge is -2.32. The minimum Gasteiger partial charge on any atom is -0.309 e. The number of benzene rings is 8. The monoisotopic (exact) mass is 665 g/mol. The molecule has 52 heavy (non-hydrogen) atoms. The highest BCUT2D eigenvalue weighted by Crippen LogP contribution is 2.53. The predicted octanol–water partition coefficient (Wildman–Crippen LogP) is 14.1. The molecule has 0 radical (unpaired) electrons. The molecule has 0 fully saturated rings. The van der Waals surface area contributed by atoms with Gasteiger partial charge in [0.1, 0.15) is 0 Å². The van der Waals surface area contributed by atoms with Gasteiger partial charge >= 0.3 is 0 Å². The second-order valence-electron chi connectivity index (χ2n) is 14.1. The molecule has 0 aromatic heterocycles. The summed E-state index contributed by atoms with van der Waals surface area (Å²) in [5, 5.41) is 0.